The number of quaternary nitrogens is 1. The van der Waals surface area contributed by atoms with Crippen LogP contribution in [0.15, 0.2) is 26.9 Å². The summed E-state index contributed by atoms with van der Waals surface area (Å²) in [6.07, 6.45) is 5.83. The first-order chi connectivity index (χ1) is 13.5. The predicted molar refractivity (Wildman–Crippen MR) is 112 cm³/mol. The Labute approximate surface area is 168 Å². The van der Waals surface area contributed by atoms with Gasteiger partial charge in [-0.1, -0.05) is 6.92 Å². The van der Waals surface area contributed by atoms with Crippen molar-refractivity contribution in [3.63, 3.8) is 0 Å². The van der Waals surface area contributed by atoms with Crippen LogP contribution in [0.25, 0.3) is 21.5 Å². The van der Waals surface area contributed by atoms with Crippen molar-refractivity contribution < 1.29 is 14.4 Å². The molecule has 0 saturated carbocycles. The van der Waals surface area contributed by atoms with E-state index in [9.17, 15) is 9.90 Å². The Morgan fingerprint density at radius 3 is 2.89 bits per heavy atom. The van der Waals surface area contributed by atoms with Crippen LogP contribution in [0.2, 0.25) is 0 Å². The van der Waals surface area contributed by atoms with E-state index in [1.807, 2.05) is 19.2 Å². The van der Waals surface area contributed by atoms with Gasteiger partial charge in [-0.2, -0.15) is 0 Å². The molecule has 28 heavy (non-hydrogen) atoms. The monoisotopic (exact) mass is 399 g/mol. The number of likely N-dealkylation sites (tertiary alicyclic amines) is 1. The standard InChI is InChI=1S/C22H26N2O3S/c1-4-15-9-16-20(26)18(22-23-13(2)12-28-22)11-27-21(16)17(19(15)25)10-24-8-6-5-7-14(24)3/h9,11-12,14,25H,4-8,10H2,1-3H3/p+1/t14-/m1/s1. The fourth-order valence-corrected chi connectivity index (χ4v) is 4.99. The Balaban J connectivity index is 1.87. The number of hydrogen-bond donors (Lipinski definition) is 2. The van der Waals surface area contributed by atoms with Gasteiger partial charge in [0.1, 0.15) is 29.1 Å². The molecular formula is C22H27N2O3S+. The van der Waals surface area contributed by atoms with Gasteiger partial charge in [0, 0.05) is 11.1 Å². The number of phenolic OH excluding ortho intramolecular Hbond substituents is 1. The largest absolute Gasteiger partial charge is 0.507 e. The molecule has 2 N–H and O–H groups in total. The summed E-state index contributed by atoms with van der Waals surface area (Å²) in [5.74, 6) is 0.279. The summed E-state index contributed by atoms with van der Waals surface area (Å²) >= 11 is 1.45. The second-order valence-corrected chi connectivity index (χ2v) is 8.71. The van der Waals surface area contributed by atoms with Crippen LogP contribution in [0.4, 0.5) is 0 Å². The Morgan fingerprint density at radius 2 is 2.21 bits per heavy atom. The Kier molecular flexibility index (Phi) is 5.25. The van der Waals surface area contributed by atoms with Crippen molar-refractivity contribution in [2.24, 2.45) is 0 Å². The average Bonchev–Trinajstić information content (AvgIpc) is 3.11. The van der Waals surface area contributed by atoms with Crippen molar-refractivity contribution in [1.82, 2.24) is 4.98 Å². The number of piperidine rings is 1. The average molecular weight is 400 g/mol. The van der Waals surface area contributed by atoms with E-state index in [4.69, 9.17) is 4.42 Å². The number of rotatable bonds is 4. The van der Waals surface area contributed by atoms with Crippen LogP contribution < -0.4 is 10.3 Å². The molecule has 6 heteroatoms. The lowest BCUT2D eigenvalue weighted by Crippen LogP contribution is -3.14. The molecule has 2 atom stereocenters. The number of thiazole rings is 1. The van der Waals surface area contributed by atoms with Gasteiger partial charge in [0.05, 0.1) is 29.1 Å². The molecule has 0 amide bonds. The predicted octanol–water partition coefficient (Wildman–Crippen LogP) is 3.45. The van der Waals surface area contributed by atoms with Gasteiger partial charge in [-0.25, -0.2) is 4.98 Å². The molecule has 1 fully saturated rings. The quantitative estimate of drug-likeness (QED) is 0.705. The molecule has 148 valence electrons. The second-order valence-electron chi connectivity index (χ2n) is 7.85. The maximum Gasteiger partial charge on any atom is 0.202 e. The number of nitrogens with one attached hydrogen (secondary N) is 1. The molecule has 1 unspecified atom stereocenters. The molecule has 1 aliphatic rings. The zero-order valence-corrected chi connectivity index (χ0v) is 17.5. The Hall–Kier alpha value is -2.18. The van der Waals surface area contributed by atoms with Gasteiger partial charge >= 0.3 is 0 Å². The third-order valence-electron chi connectivity index (χ3n) is 5.93. The number of nitrogens with zero attached hydrogens (tertiary/aromatic N) is 1. The van der Waals surface area contributed by atoms with Gasteiger partial charge < -0.3 is 14.4 Å². The molecule has 0 bridgehead atoms. The van der Waals surface area contributed by atoms with Crippen molar-refractivity contribution >= 4 is 22.3 Å². The highest BCUT2D eigenvalue weighted by Crippen LogP contribution is 2.32. The van der Waals surface area contributed by atoms with Gasteiger partial charge in [0.2, 0.25) is 5.43 Å². The molecule has 0 aliphatic carbocycles. The number of hydrogen-bond acceptors (Lipinski definition) is 5. The lowest BCUT2D eigenvalue weighted by molar-refractivity contribution is -0.941. The first-order valence-corrected chi connectivity index (χ1v) is 10.9. The van der Waals surface area contributed by atoms with E-state index in [1.54, 1.807) is 6.07 Å². The lowest BCUT2D eigenvalue weighted by Gasteiger charge is -2.30. The SMILES string of the molecule is CCc1cc2c(=O)c(-c3nc(C)cs3)coc2c(C[NH+]2CCCC[C@H]2C)c1O. The van der Waals surface area contributed by atoms with Crippen LogP contribution in [0.3, 0.4) is 0 Å². The molecule has 5 nitrogen and oxygen atoms in total. The highest BCUT2D eigenvalue weighted by atomic mass is 32.1. The Morgan fingerprint density at radius 1 is 1.39 bits per heavy atom. The minimum atomic E-state index is -0.0757. The van der Waals surface area contributed by atoms with Gasteiger partial charge in [-0.15, -0.1) is 11.3 Å². The first kappa shape index (κ1) is 19.2. The fourth-order valence-electron chi connectivity index (χ4n) is 4.19. The van der Waals surface area contributed by atoms with E-state index in [0.29, 0.717) is 40.5 Å². The van der Waals surface area contributed by atoms with E-state index < -0.39 is 0 Å². The highest BCUT2D eigenvalue weighted by Gasteiger charge is 2.27. The van der Waals surface area contributed by atoms with E-state index >= 15 is 0 Å². The zero-order chi connectivity index (χ0) is 19.8. The van der Waals surface area contributed by atoms with Crippen LogP contribution >= 0.6 is 11.3 Å². The molecule has 1 saturated heterocycles. The van der Waals surface area contributed by atoms with Crippen molar-refractivity contribution in [2.75, 3.05) is 6.54 Å². The minimum absolute atomic E-state index is 0.0757. The number of aromatic nitrogens is 1. The summed E-state index contributed by atoms with van der Waals surface area (Å²) in [4.78, 5) is 19.1. The summed E-state index contributed by atoms with van der Waals surface area (Å²) in [5, 5.41) is 14.0. The molecule has 0 spiro atoms. The van der Waals surface area contributed by atoms with Crippen LogP contribution in [0.5, 0.6) is 5.75 Å². The van der Waals surface area contributed by atoms with Gasteiger partial charge in [0.15, 0.2) is 0 Å². The summed E-state index contributed by atoms with van der Waals surface area (Å²) < 4.78 is 5.97. The van der Waals surface area contributed by atoms with E-state index in [0.717, 1.165) is 23.4 Å². The second kappa shape index (κ2) is 7.68. The summed E-state index contributed by atoms with van der Waals surface area (Å²) in [5.41, 5.74) is 3.38. The van der Waals surface area contributed by atoms with Crippen molar-refractivity contribution in [1.29, 1.82) is 0 Å². The van der Waals surface area contributed by atoms with E-state index in [1.165, 1.54) is 41.8 Å². The molecule has 4 rings (SSSR count). The van der Waals surface area contributed by atoms with E-state index in [-0.39, 0.29) is 11.2 Å². The molecule has 1 aliphatic heterocycles. The summed E-state index contributed by atoms with van der Waals surface area (Å²) in [6.45, 7) is 7.93. The topological polar surface area (TPSA) is 67.8 Å². The van der Waals surface area contributed by atoms with Gasteiger partial charge in [-0.3, -0.25) is 4.79 Å². The number of benzene rings is 1. The van der Waals surface area contributed by atoms with E-state index in [2.05, 4.69) is 11.9 Å². The van der Waals surface area contributed by atoms with Crippen molar-refractivity contribution in [3.8, 4) is 16.3 Å². The lowest BCUT2D eigenvalue weighted by atomic mass is 9.98. The fraction of sp³-hybridized carbons (Fsp3) is 0.455. The number of phenols is 1. The molecule has 0 radical (unpaired) electrons. The van der Waals surface area contributed by atoms with Crippen LogP contribution in [-0.4, -0.2) is 22.7 Å². The van der Waals surface area contributed by atoms with Gasteiger partial charge in [-0.05, 0) is 51.2 Å². The van der Waals surface area contributed by atoms with Crippen LogP contribution in [0.1, 0.15) is 49.9 Å². The van der Waals surface area contributed by atoms with Crippen molar-refractivity contribution in [3.05, 3.63) is 44.8 Å². The first-order valence-electron chi connectivity index (χ1n) is 10.1. The van der Waals surface area contributed by atoms with Crippen molar-refractivity contribution in [2.45, 2.75) is 59.0 Å². The maximum absolute atomic E-state index is 13.2. The molecule has 1 aromatic carbocycles. The van der Waals surface area contributed by atoms with Gasteiger partial charge in [0.25, 0.3) is 0 Å². The molecule has 2 aromatic heterocycles. The zero-order valence-electron chi connectivity index (χ0n) is 16.7. The smallest absolute Gasteiger partial charge is 0.202 e. The summed E-state index contributed by atoms with van der Waals surface area (Å²) in [7, 11) is 0. The third-order valence-corrected chi connectivity index (χ3v) is 6.92. The summed E-state index contributed by atoms with van der Waals surface area (Å²) in [6, 6.07) is 2.33. The molecular weight excluding hydrogens is 372 g/mol. The maximum atomic E-state index is 13.2. The normalized spacial score (nSPS) is 20.0. The van der Waals surface area contributed by atoms with Crippen LogP contribution in [-0.2, 0) is 13.0 Å². The molecule has 3 heterocycles. The molecule has 3 aromatic rings. The third kappa shape index (κ3) is 3.35. The van der Waals surface area contributed by atoms with Crippen LogP contribution in [0, 0.1) is 6.92 Å². The minimum Gasteiger partial charge on any atom is -0.507 e. The Bertz CT molecular complexity index is 1070. The highest BCUT2D eigenvalue weighted by molar-refractivity contribution is 7.13. The number of aromatic hydroxyl groups is 1. The number of fused-ring (bicyclic) bond motifs is 1. The number of aryl methyl sites for hydroxylation is 2.